The standard InChI is InChI=1S/C46H78O11/c1-28(18-22-42(48)51-13)17-20-34(47)24-35-15-14-16-36(53-35)26-39(50-12)31(4)40-27-41(55-45(7,8)54-40)32(5)44-33(6)43(56-46(9,10)57-44)29(2)19-21-37-25-38(49-11)23-30(3)52-37/h14-15,17-18,22,29-41,43-44,47H,16,19-21,23-27H2,1-13H3/b22-18+,28-17+/t29-,30-,31+,32-,33-,34-,35-,36-,37-,38+,39-,40-,41+,43-,44-/m0/s1. The highest BCUT2D eigenvalue weighted by Gasteiger charge is 2.50. The smallest absolute Gasteiger partial charge is 0.330 e. The molecular weight excluding hydrogens is 728 g/mol. The van der Waals surface area contributed by atoms with Crippen molar-refractivity contribution in [2.24, 2.45) is 23.7 Å². The van der Waals surface area contributed by atoms with E-state index in [1.807, 2.05) is 46.8 Å². The lowest BCUT2D eigenvalue weighted by atomic mass is 9.77. The number of allylic oxidation sites excluding steroid dienone is 2. The van der Waals surface area contributed by atoms with Crippen molar-refractivity contribution in [1.82, 2.24) is 0 Å². The summed E-state index contributed by atoms with van der Waals surface area (Å²) in [4.78, 5) is 11.4. The Labute approximate surface area is 344 Å². The number of aliphatic hydroxyl groups excluding tert-OH is 1. The van der Waals surface area contributed by atoms with Gasteiger partial charge in [-0.05, 0) is 86.0 Å². The number of aliphatic hydroxyl groups is 1. The second kappa shape index (κ2) is 21.7. The number of methoxy groups -OCH3 is 3. The van der Waals surface area contributed by atoms with E-state index in [0.717, 1.165) is 44.1 Å². The zero-order valence-electron chi connectivity index (χ0n) is 37.4. The Hall–Kier alpha value is -1.67. The van der Waals surface area contributed by atoms with Crippen molar-refractivity contribution in [3.05, 3.63) is 36.0 Å². The number of hydrogen-bond donors (Lipinski definition) is 1. The molecule has 0 amide bonds. The summed E-state index contributed by atoms with van der Waals surface area (Å²) in [6, 6.07) is 0. The molecule has 4 aliphatic rings. The molecule has 0 aliphatic carbocycles. The highest BCUT2D eigenvalue weighted by molar-refractivity contribution is 5.82. The van der Waals surface area contributed by atoms with Crippen LogP contribution >= 0.6 is 0 Å². The lowest BCUT2D eigenvalue weighted by molar-refractivity contribution is -0.357. The van der Waals surface area contributed by atoms with Crippen molar-refractivity contribution in [1.29, 1.82) is 0 Å². The number of rotatable bonds is 18. The molecule has 4 rings (SSSR count). The van der Waals surface area contributed by atoms with Gasteiger partial charge in [-0.1, -0.05) is 57.6 Å². The first kappa shape index (κ1) is 48.0. The summed E-state index contributed by atoms with van der Waals surface area (Å²) in [6.45, 7) is 21.2. The van der Waals surface area contributed by atoms with E-state index in [9.17, 15) is 9.90 Å². The van der Waals surface area contributed by atoms with Crippen LogP contribution in [-0.4, -0.2) is 111 Å². The van der Waals surface area contributed by atoms with Gasteiger partial charge in [-0.15, -0.1) is 0 Å². The minimum Gasteiger partial charge on any atom is -0.466 e. The molecule has 0 radical (unpaired) electrons. The highest BCUT2D eigenvalue weighted by atomic mass is 16.7. The van der Waals surface area contributed by atoms with Crippen LogP contribution in [0.3, 0.4) is 0 Å². The molecule has 3 saturated heterocycles. The Bertz CT molecular complexity index is 1330. The van der Waals surface area contributed by atoms with Gasteiger partial charge >= 0.3 is 5.97 Å². The number of carbonyl (C=O) groups is 1. The Kier molecular flexibility index (Phi) is 18.3. The van der Waals surface area contributed by atoms with Crippen LogP contribution in [0.2, 0.25) is 0 Å². The average molecular weight is 807 g/mol. The SMILES string of the molecule is COC(=O)/C=C/C(C)=C/C[C@H](O)C[C@@H]1C=CC[C@@H](C[C@H](OC)[C@@H](C)[C@@H]2C[C@H]([C@H](C)[C@@H]3OC(C)(C)O[C@@H]([C@@H](C)CC[C@H]4C[C@H](OC)C[C@H](C)O4)[C@@H]3C)OC(C)(C)O2)O1. The van der Waals surface area contributed by atoms with E-state index in [-0.39, 0.29) is 78.8 Å². The van der Waals surface area contributed by atoms with Crippen LogP contribution in [-0.2, 0) is 47.4 Å². The molecule has 57 heavy (non-hydrogen) atoms. The summed E-state index contributed by atoms with van der Waals surface area (Å²) >= 11 is 0. The molecule has 4 aliphatic heterocycles. The molecule has 0 aromatic heterocycles. The minimum atomic E-state index is -0.782. The van der Waals surface area contributed by atoms with Gasteiger partial charge in [0, 0.05) is 57.3 Å². The Morgan fingerprint density at radius 1 is 0.877 bits per heavy atom. The van der Waals surface area contributed by atoms with Crippen LogP contribution in [0.1, 0.15) is 127 Å². The Balaban J connectivity index is 1.35. The zero-order chi connectivity index (χ0) is 42.1. The number of esters is 1. The van der Waals surface area contributed by atoms with Gasteiger partial charge < -0.3 is 47.7 Å². The summed E-state index contributed by atoms with van der Waals surface area (Å²) in [5.74, 6) is -1.28. The van der Waals surface area contributed by atoms with Crippen LogP contribution in [0.15, 0.2) is 36.0 Å². The normalized spacial score (nSPS) is 36.0. The largest absolute Gasteiger partial charge is 0.466 e. The molecule has 0 bridgehead atoms. The van der Waals surface area contributed by atoms with Crippen LogP contribution in [0.4, 0.5) is 0 Å². The third kappa shape index (κ3) is 14.5. The fraction of sp³-hybridized carbons (Fsp3) is 0.848. The maximum absolute atomic E-state index is 11.4. The van der Waals surface area contributed by atoms with Crippen LogP contribution in [0.25, 0.3) is 0 Å². The molecule has 0 unspecified atom stereocenters. The van der Waals surface area contributed by atoms with E-state index in [0.29, 0.717) is 25.2 Å². The van der Waals surface area contributed by atoms with Gasteiger partial charge in [0.1, 0.15) is 0 Å². The molecular formula is C46H78O11. The lowest BCUT2D eigenvalue weighted by Crippen LogP contribution is -2.58. The monoisotopic (exact) mass is 807 g/mol. The first-order valence-corrected chi connectivity index (χ1v) is 21.7. The summed E-state index contributed by atoms with van der Waals surface area (Å²) in [5.41, 5.74) is 0.884. The first-order valence-electron chi connectivity index (χ1n) is 21.7. The Morgan fingerprint density at radius 2 is 1.56 bits per heavy atom. The average Bonchev–Trinajstić information content (AvgIpc) is 3.16. The van der Waals surface area contributed by atoms with Gasteiger partial charge in [-0.25, -0.2) is 4.79 Å². The van der Waals surface area contributed by atoms with E-state index in [1.165, 1.54) is 13.2 Å². The summed E-state index contributed by atoms with van der Waals surface area (Å²) in [6.07, 6.45) is 15.7. The van der Waals surface area contributed by atoms with Crippen molar-refractivity contribution in [3.8, 4) is 0 Å². The predicted molar refractivity (Wildman–Crippen MR) is 221 cm³/mol. The second-order valence-corrected chi connectivity index (χ2v) is 18.4. The van der Waals surface area contributed by atoms with Crippen molar-refractivity contribution in [2.45, 2.75) is 206 Å². The second-order valence-electron chi connectivity index (χ2n) is 18.4. The van der Waals surface area contributed by atoms with Gasteiger partial charge in [-0.3, -0.25) is 0 Å². The molecule has 0 saturated carbocycles. The van der Waals surface area contributed by atoms with Gasteiger partial charge in [0.25, 0.3) is 0 Å². The molecule has 3 fully saturated rings. The van der Waals surface area contributed by atoms with E-state index >= 15 is 0 Å². The van der Waals surface area contributed by atoms with Gasteiger partial charge in [0.15, 0.2) is 11.6 Å². The third-order valence-electron chi connectivity index (χ3n) is 12.7. The van der Waals surface area contributed by atoms with E-state index < -0.39 is 23.6 Å². The number of ether oxygens (including phenoxy) is 9. The number of carbonyl (C=O) groups excluding carboxylic acids is 1. The molecule has 11 nitrogen and oxygen atoms in total. The van der Waals surface area contributed by atoms with Gasteiger partial charge in [0.05, 0.1) is 74.3 Å². The van der Waals surface area contributed by atoms with Crippen LogP contribution < -0.4 is 0 Å². The highest BCUT2D eigenvalue weighted by Crippen LogP contribution is 2.44. The van der Waals surface area contributed by atoms with E-state index in [4.69, 9.17) is 37.9 Å². The van der Waals surface area contributed by atoms with E-state index in [1.54, 1.807) is 20.3 Å². The van der Waals surface area contributed by atoms with Crippen molar-refractivity contribution >= 4 is 5.97 Å². The summed E-state index contributed by atoms with van der Waals surface area (Å²) < 4.78 is 56.2. The summed E-state index contributed by atoms with van der Waals surface area (Å²) in [5, 5.41) is 10.8. The van der Waals surface area contributed by atoms with Crippen molar-refractivity contribution < 1.29 is 52.5 Å². The van der Waals surface area contributed by atoms with Crippen LogP contribution in [0, 0.1) is 23.7 Å². The van der Waals surface area contributed by atoms with E-state index in [2.05, 4.69) is 45.4 Å². The fourth-order valence-corrected chi connectivity index (χ4v) is 9.50. The number of hydrogen-bond acceptors (Lipinski definition) is 11. The third-order valence-corrected chi connectivity index (χ3v) is 12.7. The molecule has 11 heteroatoms. The van der Waals surface area contributed by atoms with Crippen molar-refractivity contribution in [3.63, 3.8) is 0 Å². The minimum absolute atomic E-state index is 0.0335. The quantitative estimate of drug-likeness (QED) is 0.0624. The van der Waals surface area contributed by atoms with Gasteiger partial charge in [0.2, 0.25) is 0 Å². The molecule has 4 heterocycles. The molecule has 0 spiro atoms. The fourth-order valence-electron chi connectivity index (χ4n) is 9.50. The first-order chi connectivity index (χ1) is 26.8. The Morgan fingerprint density at radius 3 is 2.25 bits per heavy atom. The predicted octanol–water partition coefficient (Wildman–Crippen LogP) is 8.26. The van der Waals surface area contributed by atoms with Crippen molar-refractivity contribution in [2.75, 3.05) is 21.3 Å². The molecule has 0 aromatic rings. The van der Waals surface area contributed by atoms with Gasteiger partial charge in [-0.2, -0.15) is 0 Å². The lowest BCUT2D eigenvalue weighted by Gasteiger charge is -2.52. The molecule has 15 atom stereocenters. The molecule has 1 N–H and O–H groups in total. The zero-order valence-corrected chi connectivity index (χ0v) is 37.4. The topological polar surface area (TPSA) is 120 Å². The summed E-state index contributed by atoms with van der Waals surface area (Å²) in [7, 11) is 4.92. The maximum atomic E-state index is 11.4. The molecule has 0 aromatic carbocycles. The molecule has 328 valence electrons. The van der Waals surface area contributed by atoms with Crippen LogP contribution in [0.5, 0.6) is 0 Å². The maximum Gasteiger partial charge on any atom is 0.330 e.